The Kier molecular flexibility index (Phi) is 4.12. The van der Waals surface area contributed by atoms with E-state index >= 15 is 0 Å². The fourth-order valence-corrected chi connectivity index (χ4v) is 1.34. The van der Waals surface area contributed by atoms with Crippen LogP contribution < -0.4 is 4.90 Å². The van der Waals surface area contributed by atoms with E-state index in [0.29, 0.717) is 6.42 Å². The zero-order valence-electron chi connectivity index (χ0n) is 8.68. The van der Waals surface area contributed by atoms with Crippen LogP contribution in [-0.4, -0.2) is 36.4 Å². The molecule has 0 saturated carbocycles. The molecule has 2 N–H and O–H groups in total. The number of likely N-dealkylation sites (N-methyl/N-ethyl adjacent to an activating group) is 1. The topological polar surface area (TPSA) is 60.8 Å². The Hall–Kier alpha value is -1.55. The second-order valence-electron chi connectivity index (χ2n) is 3.39. The number of rotatable bonds is 5. The fraction of sp³-hybridized carbons (Fsp3) is 0.364. The number of aliphatic carboxylic acids is 1. The number of carbonyl (C=O) groups is 1. The van der Waals surface area contributed by atoms with Crippen molar-refractivity contribution in [2.45, 2.75) is 6.42 Å². The Morgan fingerprint density at radius 2 is 1.93 bits per heavy atom. The lowest BCUT2D eigenvalue weighted by atomic mass is 10.1. The zero-order valence-corrected chi connectivity index (χ0v) is 8.68. The first-order chi connectivity index (χ1) is 7.13. The van der Waals surface area contributed by atoms with E-state index in [1.807, 2.05) is 24.3 Å². The highest BCUT2D eigenvalue weighted by Crippen LogP contribution is 2.13. The third kappa shape index (κ3) is 3.59. The summed E-state index contributed by atoms with van der Waals surface area (Å²) in [6.45, 7) is 0.115. The van der Waals surface area contributed by atoms with Crippen LogP contribution in [0.25, 0.3) is 0 Å². The largest absolute Gasteiger partial charge is 0.480 e. The van der Waals surface area contributed by atoms with Gasteiger partial charge in [-0.05, 0) is 24.1 Å². The Morgan fingerprint density at radius 1 is 1.33 bits per heavy atom. The van der Waals surface area contributed by atoms with E-state index < -0.39 is 5.97 Å². The zero-order chi connectivity index (χ0) is 11.3. The van der Waals surface area contributed by atoms with Gasteiger partial charge in [-0.15, -0.1) is 0 Å². The summed E-state index contributed by atoms with van der Waals surface area (Å²) in [6.07, 6.45) is 0.628. The minimum atomic E-state index is -0.850. The van der Waals surface area contributed by atoms with Gasteiger partial charge in [0.15, 0.2) is 0 Å². The van der Waals surface area contributed by atoms with Crippen LogP contribution in [0, 0.1) is 0 Å². The molecular weight excluding hydrogens is 194 g/mol. The third-order valence-electron chi connectivity index (χ3n) is 2.15. The smallest absolute Gasteiger partial charge is 0.323 e. The molecule has 0 aliphatic carbocycles. The second kappa shape index (κ2) is 5.36. The molecule has 1 aromatic carbocycles. The Morgan fingerprint density at radius 3 is 2.40 bits per heavy atom. The molecule has 0 bridgehead atoms. The molecule has 0 atom stereocenters. The average molecular weight is 209 g/mol. The summed E-state index contributed by atoms with van der Waals surface area (Å²) in [5, 5.41) is 17.3. The molecule has 0 aromatic heterocycles. The van der Waals surface area contributed by atoms with Crippen LogP contribution >= 0.6 is 0 Å². The van der Waals surface area contributed by atoms with Crippen molar-refractivity contribution in [2.75, 3.05) is 25.1 Å². The molecule has 0 aliphatic rings. The average Bonchev–Trinajstić information content (AvgIpc) is 2.18. The molecule has 4 nitrogen and oxygen atoms in total. The van der Waals surface area contributed by atoms with Gasteiger partial charge in [0.2, 0.25) is 0 Å². The Labute approximate surface area is 88.8 Å². The molecule has 82 valence electrons. The molecule has 0 unspecified atom stereocenters. The lowest BCUT2D eigenvalue weighted by Gasteiger charge is -2.16. The summed E-state index contributed by atoms with van der Waals surface area (Å²) in [7, 11) is 1.73. The predicted molar refractivity (Wildman–Crippen MR) is 58.1 cm³/mol. The van der Waals surface area contributed by atoms with Crippen molar-refractivity contribution in [3.05, 3.63) is 29.8 Å². The fourth-order valence-electron chi connectivity index (χ4n) is 1.34. The van der Waals surface area contributed by atoms with E-state index in [1.165, 1.54) is 0 Å². The summed E-state index contributed by atoms with van der Waals surface area (Å²) < 4.78 is 0. The first-order valence-corrected chi connectivity index (χ1v) is 4.76. The van der Waals surface area contributed by atoms with Gasteiger partial charge in [-0.25, -0.2) is 0 Å². The van der Waals surface area contributed by atoms with Crippen molar-refractivity contribution in [1.82, 2.24) is 0 Å². The number of aliphatic hydroxyl groups is 1. The maximum absolute atomic E-state index is 10.5. The van der Waals surface area contributed by atoms with Crippen LogP contribution in [0.5, 0.6) is 0 Å². The number of anilines is 1. The highest BCUT2D eigenvalue weighted by atomic mass is 16.4. The molecule has 0 radical (unpaired) electrons. The first kappa shape index (κ1) is 11.5. The van der Waals surface area contributed by atoms with Crippen LogP contribution in [0.1, 0.15) is 5.56 Å². The predicted octanol–water partition coefficient (Wildman–Crippen LogP) is 0.742. The van der Waals surface area contributed by atoms with Gasteiger partial charge in [0.1, 0.15) is 6.54 Å². The quantitative estimate of drug-likeness (QED) is 0.751. The maximum Gasteiger partial charge on any atom is 0.323 e. The highest BCUT2D eigenvalue weighted by Gasteiger charge is 2.04. The van der Waals surface area contributed by atoms with Gasteiger partial charge in [0.05, 0.1) is 0 Å². The first-order valence-electron chi connectivity index (χ1n) is 4.76. The van der Waals surface area contributed by atoms with Crippen molar-refractivity contribution in [3.8, 4) is 0 Å². The van der Waals surface area contributed by atoms with E-state index in [9.17, 15) is 4.79 Å². The van der Waals surface area contributed by atoms with Crippen molar-refractivity contribution in [3.63, 3.8) is 0 Å². The Bertz CT molecular complexity index is 321. The van der Waals surface area contributed by atoms with Gasteiger partial charge in [-0.3, -0.25) is 4.79 Å². The lowest BCUT2D eigenvalue weighted by Crippen LogP contribution is -2.24. The van der Waals surface area contributed by atoms with Gasteiger partial charge < -0.3 is 15.1 Å². The van der Waals surface area contributed by atoms with Gasteiger partial charge in [0, 0.05) is 19.3 Å². The van der Waals surface area contributed by atoms with E-state index in [0.717, 1.165) is 11.3 Å². The number of aliphatic hydroxyl groups excluding tert-OH is 1. The third-order valence-corrected chi connectivity index (χ3v) is 2.15. The number of hydrogen-bond donors (Lipinski definition) is 2. The number of nitrogens with zero attached hydrogens (tertiary/aromatic N) is 1. The van der Waals surface area contributed by atoms with Gasteiger partial charge in [-0.1, -0.05) is 12.1 Å². The lowest BCUT2D eigenvalue weighted by molar-refractivity contribution is -0.135. The second-order valence-corrected chi connectivity index (χ2v) is 3.39. The molecule has 0 amide bonds. The normalized spacial score (nSPS) is 10.0. The molecule has 0 spiro atoms. The van der Waals surface area contributed by atoms with Crippen molar-refractivity contribution >= 4 is 11.7 Å². The molecule has 0 aliphatic heterocycles. The number of hydrogen-bond acceptors (Lipinski definition) is 3. The van der Waals surface area contributed by atoms with E-state index in [2.05, 4.69) is 0 Å². The molecule has 4 heteroatoms. The minimum absolute atomic E-state index is 0.0145. The summed E-state index contributed by atoms with van der Waals surface area (Å²) in [4.78, 5) is 12.1. The van der Waals surface area contributed by atoms with Crippen LogP contribution in [0.3, 0.4) is 0 Å². The molecule has 0 heterocycles. The van der Waals surface area contributed by atoms with Crippen LogP contribution in [-0.2, 0) is 11.2 Å². The molecule has 0 saturated heterocycles. The van der Waals surface area contributed by atoms with E-state index in [1.54, 1.807) is 11.9 Å². The summed E-state index contributed by atoms with van der Waals surface area (Å²) in [5.41, 5.74) is 1.91. The van der Waals surface area contributed by atoms with Crippen molar-refractivity contribution in [1.29, 1.82) is 0 Å². The SMILES string of the molecule is CN(CC(=O)O)c1ccc(CCO)cc1. The van der Waals surface area contributed by atoms with Crippen molar-refractivity contribution in [2.24, 2.45) is 0 Å². The van der Waals surface area contributed by atoms with E-state index in [-0.39, 0.29) is 13.2 Å². The molecular formula is C11H15NO3. The summed E-state index contributed by atoms with van der Waals surface area (Å²) in [6, 6.07) is 7.50. The maximum atomic E-state index is 10.5. The number of carboxylic acid groups (broad SMARTS) is 1. The van der Waals surface area contributed by atoms with Crippen molar-refractivity contribution < 1.29 is 15.0 Å². The standard InChI is InChI=1S/C11H15NO3/c1-12(8-11(14)15)10-4-2-9(3-5-10)6-7-13/h2-5,13H,6-8H2,1H3,(H,14,15). The monoisotopic (exact) mass is 209 g/mol. The Balaban J connectivity index is 2.66. The van der Waals surface area contributed by atoms with Crippen LogP contribution in [0.4, 0.5) is 5.69 Å². The number of carboxylic acids is 1. The van der Waals surface area contributed by atoms with E-state index in [4.69, 9.17) is 10.2 Å². The molecule has 15 heavy (non-hydrogen) atoms. The number of benzene rings is 1. The minimum Gasteiger partial charge on any atom is -0.480 e. The molecule has 1 rings (SSSR count). The van der Waals surface area contributed by atoms with Gasteiger partial charge in [-0.2, -0.15) is 0 Å². The highest BCUT2D eigenvalue weighted by molar-refractivity contribution is 5.73. The van der Waals surface area contributed by atoms with Crippen LogP contribution in [0.2, 0.25) is 0 Å². The molecule has 1 aromatic rings. The van der Waals surface area contributed by atoms with Gasteiger partial charge in [0.25, 0.3) is 0 Å². The van der Waals surface area contributed by atoms with Crippen LogP contribution in [0.15, 0.2) is 24.3 Å². The summed E-state index contributed by atoms with van der Waals surface area (Å²) in [5.74, 6) is -0.850. The summed E-state index contributed by atoms with van der Waals surface area (Å²) >= 11 is 0. The van der Waals surface area contributed by atoms with Gasteiger partial charge >= 0.3 is 5.97 Å². The molecule has 0 fully saturated rings.